The number of hydrogen-bond acceptors (Lipinski definition) is 5. The van der Waals surface area contributed by atoms with Gasteiger partial charge in [-0.15, -0.1) is 0 Å². The summed E-state index contributed by atoms with van der Waals surface area (Å²) in [5.74, 6) is -0.316. The summed E-state index contributed by atoms with van der Waals surface area (Å²) >= 11 is 4.77. The molecule has 0 radical (unpaired) electrons. The predicted octanol–water partition coefficient (Wildman–Crippen LogP) is -0.120. The summed E-state index contributed by atoms with van der Waals surface area (Å²) in [6, 6.07) is 3.13. The number of nitrogens with one attached hydrogen (secondary N) is 1. The summed E-state index contributed by atoms with van der Waals surface area (Å²) in [7, 11) is -3.00. The van der Waals surface area contributed by atoms with Crippen LogP contribution >= 0.6 is 12.2 Å². The quantitative estimate of drug-likeness (QED) is 0.561. The molecule has 0 aliphatic rings. The van der Waals surface area contributed by atoms with E-state index in [9.17, 15) is 13.2 Å². The van der Waals surface area contributed by atoms with Gasteiger partial charge in [-0.25, -0.2) is 8.42 Å². The minimum absolute atomic E-state index is 0.0427. The van der Waals surface area contributed by atoms with Crippen molar-refractivity contribution in [1.29, 1.82) is 0 Å². The molecule has 6 nitrogen and oxygen atoms in total. The molecule has 0 saturated carbocycles. The van der Waals surface area contributed by atoms with E-state index in [-0.39, 0.29) is 28.9 Å². The van der Waals surface area contributed by atoms with Gasteiger partial charge in [0, 0.05) is 24.6 Å². The Bertz CT molecular complexity index is 567. The van der Waals surface area contributed by atoms with Gasteiger partial charge in [0.2, 0.25) is 0 Å². The molecule has 0 aliphatic carbocycles. The third-order valence-corrected chi connectivity index (χ3v) is 3.52. The highest BCUT2D eigenvalue weighted by atomic mass is 32.2. The van der Waals surface area contributed by atoms with Crippen molar-refractivity contribution in [3.63, 3.8) is 0 Å². The maximum Gasteiger partial charge on any atom is 0.269 e. The Morgan fingerprint density at radius 2 is 2.16 bits per heavy atom. The molecule has 1 rings (SSSR count). The van der Waals surface area contributed by atoms with Crippen LogP contribution in [0.5, 0.6) is 0 Å². The van der Waals surface area contributed by atoms with Crippen LogP contribution in [-0.2, 0) is 9.84 Å². The molecule has 0 aromatic carbocycles. The van der Waals surface area contributed by atoms with E-state index in [2.05, 4.69) is 10.3 Å². The van der Waals surface area contributed by atoms with E-state index in [4.69, 9.17) is 18.0 Å². The third kappa shape index (κ3) is 5.75. The molecule has 1 aromatic heterocycles. The van der Waals surface area contributed by atoms with Gasteiger partial charge in [-0.3, -0.25) is 9.78 Å². The monoisotopic (exact) mass is 301 g/mol. The van der Waals surface area contributed by atoms with Crippen molar-refractivity contribution in [3.05, 3.63) is 29.6 Å². The fraction of sp³-hybridized carbons (Fsp3) is 0.364. The summed E-state index contributed by atoms with van der Waals surface area (Å²) in [6.07, 6.45) is 2.95. The zero-order valence-electron chi connectivity index (χ0n) is 10.4. The lowest BCUT2D eigenvalue weighted by molar-refractivity contribution is 0.0948. The number of rotatable bonds is 6. The first-order chi connectivity index (χ1) is 8.79. The fourth-order valence-corrected chi connectivity index (χ4v) is 2.09. The number of aromatic nitrogens is 1. The number of hydrogen-bond donors (Lipinski definition) is 2. The number of pyridine rings is 1. The number of nitrogens with zero attached hydrogens (tertiary/aromatic N) is 1. The first-order valence-electron chi connectivity index (χ1n) is 5.51. The normalized spacial score (nSPS) is 11.0. The molecule has 1 aromatic rings. The zero-order valence-corrected chi connectivity index (χ0v) is 12.1. The Morgan fingerprint density at radius 3 is 2.63 bits per heavy atom. The molecule has 0 unspecified atom stereocenters. The molecule has 1 heterocycles. The van der Waals surface area contributed by atoms with E-state index < -0.39 is 9.84 Å². The second-order valence-corrected chi connectivity index (χ2v) is 6.74. The first kappa shape index (κ1) is 15.5. The van der Waals surface area contributed by atoms with Crippen LogP contribution in [0.4, 0.5) is 0 Å². The largest absolute Gasteiger partial charge is 0.389 e. The van der Waals surface area contributed by atoms with Gasteiger partial charge in [0.25, 0.3) is 5.91 Å². The van der Waals surface area contributed by atoms with Gasteiger partial charge in [-0.2, -0.15) is 0 Å². The van der Waals surface area contributed by atoms with Crippen LogP contribution in [0.1, 0.15) is 22.5 Å². The van der Waals surface area contributed by atoms with E-state index in [1.807, 2.05) is 0 Å². The molecule has 0 saturated heterocycles. The van der Waals surface area contributed by atoms with Gasteiger partial charge in [-0.1, -0.05) is 12.2 Å². The molecule has 0 aliphatic heterocycles. The van der Waals surface area contributed by atoms with Gasteiger partial charge < -0.3 is 11.1 Å². The van der Waals surface area contributed by atoms with E-state index in [0.717, 1.165) is 6.26 Å². The minimum atomic E-state index is -3.00. The fourth-order valence-electron chi connectivity index (χ4n) is 1.30. The van der Waals surface area contributed by atoms with Crippen molar-refractivity contribution in [2.45, 2.75) is 6.42 Å². The second kappa shape index (κ2) is 6.58. The van der Waals surface area contributed by atoms with Crippen molar-refractivity contribution in [2.24, 2.45) is 5.73 Å². The molecular weight excluding hydrogens is 286 g/mol. The Hall–Kier alpha value is -1.54. The Labute approximate surface area is 117 Å². The lowest BCUT2D eigenvalue weighted by Crippen LogP contribution is -2.26. The lowest BCUT2D eigenvalue weighted by atomic mass is 10.2. The smallest absolute Gasteiger partial charge is 0.269 e. The Balaban J connectivity index is 2.48. The number of amides is 1. The number of carbonyl (C=O) groups excluding carboxylic acids is 1. The molecule has 3 N–H and O–H groups in total. The molecular formula is C11H15N3O3S2. The van der Waals surface area contributed by atoms with Crippen molar-refractivity contribution in [2.75, 3.05) is 18.6 Å². The zero-order chi connectivity index (χ0) is 14.5. The van der Waals surface area contributed by atoms with Crippen molar-refractivity contribution in [1.82, 2.24) is 10.3 Å². The number of thiocarbonyl (C=S) groups is 1. The topological polar surface area (TPSA) is 102 Å². The van der Waals surface area contributed by atoms with Crippen molar-refractivity contribution < 1.29 is 13.2 Å². The van der Waals surface area contributed by atoms with Gasteiger partial charge >= 0.3 is 0 Å². The van der Waals surface area contributed by atoms with Crippen molar-refractivity contribution >= 4 is 33.0 Å². The Morgan fingerprint density at radius 1 is 1.47 bits per heavy atom. The molecule has 104 valence electrons. The van der Waals surface area contributed by atoms with E-state index in [1.165, 1.54) is 12.3 Å². The van der Waals surface area contributed by atoms with Crippen LogP contribution in [0.15, 0.2) is 18.3 Å². The van der Waals surface area contributed by atoms with Crippen LogP contribution in [0.2, 0.25) is 0 Å². The maximum absolute atomic E-state index is 11.7. The molecule has 1 amide bonds. The highest BCUT2D eigenvalue weighted by Crippen LogP contribution is 2.00. The highest BCUT2D eigenvalue weighted by Gasteiger charge is 2.08. The molecule has 0 fully saturated rings. The van der Waals surface area contributed by atoms with E-state index in [0.29, 0.717) is 12.0 Å². The van der Waals surface area contributed by atoms with Gasteiger partial charge in [-0.05, 0) is 18.6 Å². The van der Waals surface area contributed by atoms with E-state index in [1.54, 1.807) is 6.07 Å². The van der Waals surface area contributed by atoms with Gasteiger partial charge in [0.1, 0.15) is 20.5 Å². The second-order valence-electron chi connectivity index (χ2n) is 4.04. The lowest BCUT2D eigenvalue weighted by Gasteiger charge is -2.04. The number of nitrogens with two attached hydrogens (primary N) is 1. The van der Waals surface area contributed by atoms with Crippen LogP contribution in [0.3, 0.4) is 0 Å². The summed E-state index contributed by atoms with van der Waals surface area (Å²) < 4.78 is 21.8. The molecule has 0 spiro atoms. The molecule has 19 heavy (non-hydrogen) atoms. The van der Waals surface area contributed by atoms with Crippen LogP contribution in [-0.4, -0.2) is 42.9 Å². The van der Waals surface area contributed by atoms with Crippen molar-refractivity contribution in [3.8, 4) is 0 Å². The summed E-state index contributed by atoms with van der Waals surface area (Å²) in [5.41, 5.74) is 6.24. The Kier molecular flexibility index (Phi) is 5.37. The summed E-state index contributed by atoms with van der Waals surface area (Å²) in [6.45, 7) is 0.282. The van der Waals surface area contributed by atoms with Gasteiger partial charge in [0.05, 0.1) is 5.75 Å². The first-order valence-corrected chi connectivity index (χ1v) is 7.98. The molecule has 0 atom stereocenters. The predicted molar refractivity (Wildman–Crippen MR) is 76.8 cm³/mol. The highest BCUT2D eigenvalue weighted by molar-refractivity contribution is 7.90. The summed E-state index contributed by atoms with van der Waals surface area (Å²) in [5, 5.41) is 2.59. The average Bonchev–Trinajstić information content (AvgIpc) is 2.33. The van der Waals surface area contributed by atoms with Crippen LogP contribution < -0.4 is 11.1 Å². The maximum atomic E-state index is 11.7. The van der Waals surface area contributed by atoms with Crippen LogP contribution in [0, 0.1) is 0 Å². The molecule has 0 bridgehead atoms. The SMILES string of the molecule is CS(=O)(=O)CCCNC(=O)c1ccc(C(N)=S)cn1. The average molecular weight is 301 g/mol. The van der Waals surface area contributed by atoms with Crippen LogP contribution in [0.25, 0.3) is 0 Å². The van der Waals surface area contributed by atoms with Gasteiger partial charge in [0.15, 0.2) is 0 Å². The minimum Gasteiger partial charge on any atom is -0.389 e. The number of carbonyl (C=O) groups is 1. The molecule has 8 heteroatoms. The standard InChI is InChI=1S/C11H15N3O3S2/c1-19(16,17)6-2-5-13-11(15)9-4-3-8(7-14-9)10(12)18/h3-4,7H,2,5-6H2,1H3,(H2,12,18)(H,13,15). The number of sulfone groups is 1. The third-order valence-electron chi connectivity index (χ3n) is 2.26. The summed E-state index contributed by atoms with van der Waals surface area (Å²) in [4.78, 5) is 15.8. The van der Waals surface area contributed by atoms with E-state index >= 15 is 0 Å².